The Morgan fingerprint density at radius 1 is 1.25 bits per heavy atom. The lowest BCUT2D eigenvalue weighted by molar-refractivity contribution is -0.130. The highest BCUT2D eigenvalue weighted by atomic mass is 16.2. The van der Waals surface area contributed by atoms with Gasteiger partial charge in [0.05, 0.1) is 12.0 Å². The van der Waals surface area contributed by atoms with Gasteiger partial charge < -0.3 is 9.69 Å². The van der Waals surface area contributed by atoms with Crippen LogP contribution in [0.4, 0.5) is 0 Å². The van der Waals surface area contributed by atoms with Gasteiger partial charge in [-0.2, -0.15) is 0 Å². The number of likely N-dealkylation sites (tertiary alicyclic amines) is 1. The predicted octanol–water partition coefficient (Wildman–Crippen LogP) is 1.31. The molecule has 20 heavy (non-hydrogen) atoms. The molecule has 1 aromatic rings. The van der Waals surface area contributed by atoms with Gasteiger partial charge >= 0.3 is 0 Å². The second kappa shape index (κ2) is 6.18. The fourth-order valence-corrected chi connectivity index (χ4v) is 2.69. The average Bonchev–Trinajstić information content (AvgIpc) is 2.49. The Balaban J connectivity index is 2.02. The summed E-state index contributed by atoms with van der Waals surface area (Å²) in [6.45, 7) is 2.01. The zero-order chi connectivity index (χ0) is 14.6. The Kier molecular flexibility index (Phi) is 4.55. The van der Waals surface area contributed by atoms with Crippen molar-refractivity contribution in [2.75, 3.05) is 33.7 Å². The van der Waals surface area contributed by atoms with Gasteiger partial charge in [-0.1, -0.05) is 30.3 Å². The Hall–Kier alpha value is -1.68. The van der Waals surface area contributed by atoms with Crippen LogP contribution in [0, 0.1) is 0 Å². The molecule has 1 amide bonds. The number of benzene rings is 1. The van der Waals surface area contributed by atoms with Gasteiger partial charge in [-0.3, -0.25) is 9.69 Å². The van der Waals surface area contributed by atoms with Crippen molar-refractivity contribution in [1.29, 1.82) is 0 Å². The summed E-state index contributed by atoms with van der Waals surface area (Å²) in [4.78, 5) is 27.1. The minimum atomic E-state index is -0.376. The summed E-state index contributed by atoms with van der Waals surface area (Å²) in [6, 6.07) is 9.96. The molecule has 0 N–H and O–H groups in total. The van der Waals surface area contributed by atoms with Gasteiger partial charge in [-0.25, -0.2) is 0 Å². The van der Waals surface area contributed by atoms with Crippen LogP contribution in [0.3, 0.4) is 0 Å². The van der Waals surface area contributed by atoms with Crippen LogP contribution in [-0.4, -0.2) is 55.7 Å². The van der Waals surface area contributed by atoms with Crippen molar-refractivity contribution in [2.24, 2.45) is 0 Å². The van der Waals surface area contributed by atoms with Gasteiger partial charge in [-0.15, -0.1) is 0 Å². The summed E-state index contributed by atoms with van der Waals surface area (Å²) >= 11 is 0. The van der Waals surface area contributed by atoms with E-state index in [1.54, 1.807) is 19.0 Å². The molecular formula is C16H22N2O2. The summed E-state index contributed by atoms with van der Waals surface area (Å²) in [6.07, 6.45) is 2.65. The zero-order valence-electron chi connectivity index (χ0n) is 12.2. The van der Waals surface area contributed by atoms with Crippen LogP contribution < -0.4 is 0 Å². The van der Waals surface area contributed by atoms with Gasteiger partial charge in [0.25, 0.3) is 0 Å². The molecule has 1 saturated heterocycles. The number of aldehydes is 1. The molecule has 0 aromatic heterocycles. The van der Waals surface area contributed by atoms with E-state index >= 15 is 0 Å². The van der Waals surface area contributed by atoms with Crippen LogP contribution in [0.25, 0.3) is 0 Å². The molecule has 4 nitrogen and oxygen atoms in total. The quantitative estimate of drug-likeness (QED) is 0.777. The van der Waals surface area contributed by atoms with Gasteiger partial charge in [0.1, 0.15) is 6.29 Å². The Morgan fingerprint density at radius 3 is 2.35 bits per heavy atom. The monoisotopic (exact) mass is 274 g/mol. The molecule has 0 atom stereocenters. The lowest BCUT2D eigenvalue weighted by Gasteiger charge is -2.38. The molecule has 0 spiro atoms. The number of piperidine rings is 1. The van der Waals surface area contributed by atoms with Crippen molar-refractivity contribution < 1.29 is 9.59 Å². The number of carbonyl (C=O) groups is 2. The molecule has 1 fully saturated rings. The van der Waals surface area contributed by atoms with E-state index in [0.29, 0.717) is 6.54 Å². The fraction of sp³-hybridized carbons (Fsp3) is 0.500. The molecule has 108 valence electrons. The summed E-state index contributed by atoms with van der Waals surface area (Å²) in [5.41, 5.74) is 0.715. The van der Waals surface area contributed by atoms with Crippen molar-refractivity contribution in [3.8, 4) is 0 Å². The standard InChI is InChI=1S/C16H22N2O2/c1-17(2)15(20)12-18-10-8-16(13-19,9-11-18)14-6-4-3-5-7-14/h3-7,13H,8-12H2,1-2H3. The number of nitrogens with zero attached hydrogens (tertiary/aromatic N) is 2. The minimum Gasteiger partial charge on any atom is -0.348 e. The molecule has 0 aliphatic carbocycles. The number of likely N-dealkylation sites (N-methyl/N-ethyl adjacent to an activating group) is 1. The second-order valence-corrected chi connectivity index (χ2v) is 5.70. The molecule has 0 unspecified atom stereocenters. The molecule has 0 saturated carbocycles. The first-order valence-corrected chi connectivity index (χ1v) is 7.02. The van der Waals surface area contributed by atoms with E-state index in [0.717, 1.165) is 37.8 Å². The van der Waals surface area contributed by atoms with E-state index in [-0.39, 0.29) is 11.3 Å². The lowest BCUT2D eigenvalue weighted by Crippen LogP contribution is -2.46. The highest BCUT2D eigenvalue weighted by molar-refractivity contribution is 5.77. The maximum absolute atomic E-state index is 11.7. The maximum Gasteiger partial charge on any atom is 0.236 e. The first-order chi connectivity index (χ1) is 9.57. The van der Waals surface area contributed by atoms with Gasteiger partial charge in [0, 0.05) is 14.1 Å². The summed E-state index contributed by atoms with van der Waals surface area (Å²) in [5, 5.41) is 0. The van der Waals surface area contributed by atoms with E-state index in [1.165, 1.54) is 0 Å². The third-order valence-corrected chi connectivity index (χ3v) is 4.18. The smallest absolute Gasteiger partial charge is 0.236 e. The number of rotatable bonds is 4. The largest absolute Gasteiger partial charge is 0.348 e. The number of carbonyl (C=O) groups excluding carboxylic acids is 2. The van der Waals surface area contributed by atoms with Gasteiger partial charge in [0.2, 0.25) is 5.91 Å². The van der Waals surface area contributed by atoms with E-state index < -0.39 is 0 Å². The van der Waals surface area contributed by atoms with Crippen LogP contribution >= 0.6 is 0 Å². The van der Waals surface area contributed by atoms with E-state index in [9.17, 15) is 9.59 Å². The molecule has 1 aliphatic rings. The lowest BCUT2D eigenvalue weighted by atomic mass is 9.74. The highest BCUT2D eigenvalue weighted by Crippen LogP contribution is 2.33. The molecule has 2 rings (SSSR count). The Morgan fingerprint density at radius 2 is 1.85 bits per heavy atom. The van der Waals surface area contributed by atoms with E-state index in [2.05, 4.69) is 4.90 Å². The molecular weight excluding hydrogens is 252 g/mol. The topological polar surface area (TPSA) is 40.6 Å². The van der Waals surface area contributed by atoms with Crippen LogP contribution in [0.15, 0.2) is 30.3 Å². The third kappa shape index (κ3) is 3.07. The van der Waals surface area contributed by atoms with Crippen molar-refractivity contribution in [3.05, 3.63) is 35.9 Å². The molecule has 0 bridgehead atoms. The van der Waals surface area contributed by atoms with E-state index in [1.807, 2.05) is 30.3 Å². The van der Waals surface area contributed by atoms with Gasteiger partial charge in [0.15, 0.2) is 0 Å². The highest BCUT2D eigenvalue weighted by Gasteiger charge is 2.36. The minimum absolute atomic E-state index is 0.114. The van der Waals surface area contributed by atoms with Crippen molar-refractivity contribution >= 4 is 12.2 Å². The van der Waals surface area contributed by atoms with E-state index in [4.69, 9.17) is 0 Å². The predicted molar refractivity (Wildman–Crippen MR) is 78.6 cm³/mol. The number of amides is 1. The van der Waals surface area contributed by atoms with Crippen LogP contribution in [0.1, 0.15) is 18.4 Å². The second-order valence-electron chi connectivity index (χ2n) is 5.70. The third-order valence-electron chi connectivity index (χ3n) is 4.18. The Labute approximate surface area is 120 Å². The van der Waals surface area contributed by atoms with Crippen LogP contribution in [-0.2, 0) is 15.0 Å². The summed E-state index contributed by atoms with van der Waals surface area (Å²) < 4.78 is 0. The Bertz CT molecular complexity index is 463. The van der Waals surface area contributed by atoms with Gasteiger partial charge in [-0.05, 0) is 31.5 Å². The summed E-state index contributed by atoms with van der Waals surface area (Å²) in [5.74, 6) is 0.114. The summed E-state index contributed by atoms with van der Waals surface area (Å²) in [7, 11) is 3.54. The molecule has 1 heterocycles. The maximum atomic E-state index is 11.7. The van der Waals surface area contributed by atoms with Crippen LogP contribution in [0.5, 0.6) is 0 Å². The first-order valence-electron chi connectivity index (χ1n) is 7.02. The molecule has 0 radical (unpaired) electrons. The average molecular weight is 274 g/mol. The number of hydrogen-bond acceptors (Lipinski definition) is 3. The fourth-order valence-electron chi connectivity index (χ4n) is 2.69. The van der Waals surface area contributed by atoms with Crippen LogP contribution in [0.2, 0.25) is 0 Å². The van der Waals surface area contributed by atoms with Crippen molar-refractivity contribution in [3.63, 3.8) is 0 Å². The van der Waals surface area contributed by atoms with Crippen molar-refractivity contribution in [2.45, 2.75) is 18.3 Å². The number of hydrogen-bond donors (Lipinski definition) is 0. The molecule has 1 aromatic carbocycles. The molecule has 1 aliphatic heterocycles. The van der Waals surface area contributed by atoms with Crippen molar-refractivity contribution in [1.82, 2.24) is 9.80 Å². The first kappa shape index (κ1) is 14.7. The normalized spacial score (nSPS) is 18.5. The SMILES string of the molecule is CN(C)C(=O)CN1CCC(C=O)(c2ccccc2)CC1. The zero-order valence-corrected chi connectivity index (χ0v) is 12.2. The molecule has 4 heteroatoms.